The number of methoxy groups -OCH3 is 1. The van der Waals surface area contributed by atoms with Crippen LogP contribution in [0.3, 0.4) is 0 Å². The van der Waals surface area contributed by atoms with Gasteiger partial charge in [-0.15, -0.1) is 0 Å². The normalized spacial score (nSPS) is 17.4. The van der Waals surface area contributed by atoms with Crippen molar-refractivity contribution in [3.05, 3.63) is 0 Å². The van der Waals surface area contributed by atoms with E-state index >= 15 is 0 Å². The van der Waals surface area contributed by atoms with Gasteiger partial charge in [-0.1, -0.05) is 12.2 Å². The summed E-state index contributed by atoms with van der Waals surface area (Å²) < 4.78 is 5.17. The number of nitrogens with zero attached hydrogens (tertiary/aromatic N) is 2. The van der Waals surface area contributed by atoms with Crippen LogP contribution in [-0.4, -0.2) is 67.6 Å². The van der Waals surface area contributed by atoms with Gasteiger partial charge in [0.15, 0.2) is 0 Å². The van der Waals surface area contributed by atoms with Crippen LogP contribution < -0.4 is 5.73 Å². The van der Waals surface area contributed by atoms with Crippen molar-refractivity contribution >= 4 is 23.1 Å². The molecule has 19 heavy (non-hydrogen) atoms. The summed E-state index contributed by atoms with van der Waals surface area (Å²) >= 11 is 4.82. The van der Waals surface area contributed by atoms with Gasteiger partial charge in [0.05, 0.1) is 11.5 Å². The molecule has 0 unspecified atom stereocenters. The molecule has 2 N–H and O–H groups in total. The highest BCUT2D eigenvalue weighted by molar-refractivity contribution is 7.80. The molecule has 0 bridgehead atoms. The number of carbonyl (C=O) groups excluding carboxylic acids is 1. The number of likely N-dealkylation sites (tertiary alicyclic amines) is 1. The van der Waals surface area contributed by atoms with Crippen LogP contribution in [0.15, 0.2) is 0 Å². The molecule has 1 amide bonds. The Morgan fingerprint density at radius 2 is 2.11 bits per heavy atom. The molecule has 1 rings (SSSR count). The third-order valence-corrected chi connectivity index (χ3v) is 3.79. The average molecular weight is 287 g/mol. The van der Waals surface area contributed by atoms with E-state index in [1.165, 1.54) is 0 Å². The van der Waals surface area contributed by atoms with Crippen LogP contribution in [-0.2, 0) is 9.53 Å². The maximum atomic E-state index is 12.0. The number of thiocarbonyl (C=S) groups is 1. The van der Waals surface area contributed by atoms with Gasteiger partial charge in [-0.25, -0.2) is 0 Å². The highest BCUT2D eigenvalue weighted by atomic mass is 32.1. The molecule has 0 aromatic rings. The Balaban J connectivity index is 2.24. The van der Waals surface area contributed by atoms with Crippen LogP contribution in [0.1, 0.15) is 19.3 Å². The van der Waals surface area contributed by atoms with Gasteiger partial charge >= 0.3 is 0 Å². The molecule has 1 saturated heterocycles. The Morgan fingerprint density at radius 1 is 1.47 bits per heavy atom. The summed E-state index contributed by atoms with van der Waals surface area (Å²) in [6.07, 6.45) is 2.81. The molecule has 0 aromatic carbocycles. The molecule has 1 fully saturated rings. The zero-order valence-electron chi connectivity index (χ0n) is 11.9. The highest BCUT2D eigenvalue weighted by Crippen LogP contribution is 2.17. The van der Waals surface area contributed by atoms with E-state index in [4.69, 9.17) is 22.7 Å². The summed E-state index contributed by atoms with van der Waals surface area (Å²) in [6.45, 7) is 3.88. The van der Waals surface area contributed by atoms with E-state index in [9.17, 15) is 4.79 Å². The lowest BCUT2D eigenvalue weighted by molar-refractivity contribution is -0.131. The maximum absolute atomic E-state index is 12.0. The third-order valence-electron chi connectivity index (χ3n) is 3.59. The zero-order valence-corrected chi connectivity index (χ0v) is 12.7. The van der Waals surface area contributed by atoms with Crippen LogP contribution in [0.4, 0.5) is 0 Å². The second kappa shape index (κ2) is 8.45. The van der Waals surface area contributed by atoms with Crippen LogP contribution in [0.5, 0.6) is 0 Å². The fourth-order valence-corrected chi connectivity index (χ4v) is 2.35. The first kappa shape index (κ1) is 16.3. The predicted molar refractivity (Wildman–Crippen MR) is 80.1 cm³/mol. The van der Waals surface area contributed by atoms with E-state index in [0.717, 1.165) is 32.5 Å². The Labute approximate surface area is 121 Å². The number of nitrogens with two attached hydrogens (primary N) is 1. The standard InChI is InChI=1S/C13H25N3O2S/c1-15(6-5-12(14)19)13(17)9-16-7-3-11(4-8-16)10-18-2/h11H,3-10H2,1-2H3,(H2,14,19). The molecule has 0 radical (unpaired) electrons. The van der Waals surface area contributed by atoms with Crippen molar-refractivity contribution in [1.29, 1.82) is 0 Å². The van der Waals surface area contributed by atoms with Gasteiger partial charge in [-0.3, -0.25) is 9.69 Å². The molecular formula is C13H25N3O2S. The van der Waals surface area contributed by atoms with Gasteiger partial charge in [0.2, 0.25) is 5.91 Å². The minimum absolute atomic E-state index is 0.140. The summed E-state index contributed by atoms with van der Waals surface area (Å²) in [5.74, 6) is 0.783. The van der Waals surface area contributed by atoms with Crippen molar-refractivity contribution in [2.75, 3.05) is 46.9 Å². The second-order valence-corrected chi connectivity index (χ2v) is 5.73. The van der Waals surface area contributed by atoms with Crippen molar-refractivity contribution in [2.24, 2.45) is 11.7 Å². The smallest absolute Gasteiger partial charge is 0.236 e. The highest BCUT2D eigenvalue weighted by Gasteiger charge is 2.21. The van der Waals surface area contributed by atoms with Gasteiger partial charge in [-0.05, 0) is 31.8 Å². The summed E-state index contributed by atoms with van der Waals surface area (Å²) in [7, 11) is 3.55. The van der Waals surface area contributed by atoms with Crippen LogP contribution in [0, 0.1) is 5.92 Å². The molecule has 110 valence electrons. The molecule has 0 aliphatic carbocycles. The number of hydrogen-bond acceptors (Lipinski definition) is 4. The number of rotatable bonds is 7. The molecule has 0 saturated carbocycles. The van der Waals surface area contributed by atoms with Crippen molar-refractivity contribution < 1.29 is 9.53 Å². The van der Waals surface area contributed by atoms with Gasteiger partial charge in [-0.2, -0.15) is 0 Å². The Kier molecular flexibility index (Phi) is 7.27. The Bertz CT molecular complexity index is 304. The van der Waals surface area contributed by atoms with Crippen LogP contribution in [0.25, 0.3) is 0 Å². The zero-order chi connectivity index (χ0) is 14.3. The number of carbonyl (C=O) groups is 1. The van der Waals surface area contributed by atoms with E-state index in [-0.39, 0.29) is 5.91 Å². The maximum Gasteiger partial charge on any atom is 0.236 e. The minimum atomic E-state index is 0.140. The van der Waals surface area contributed by atoms with E-state index in [1.54, 1.807) is 19.1 Å². The Morgan fingerprint density at radius 3 is 2.63 bits per heavy atom. The molecular weight excluding hydrogens is 262 g/mol. The van der Waals surface area contributed by atoms with Crippen molar-refractivity contribution in [3.63, 3.8) is 0 Å². The second-order valence-electron chi connectivity index (χ2n) is 5.21. The monoisotopic (exact) mass is 287 g/mol. The molecule has 5 nitrogen and oxygen atoms in total. The largest absolute Gasteiger partial charge is 0.393 e. The molecule has 6 heteroatoms. The fourth-order valence-electron chi connectivity index (χ4n) is 2.26. The molecule has 1 aliphatic heterocycles. The topological polar surface area (TPSA) is 58.8 Å². The van der Waals surface area contributed by atoms with E-state index in [1.807, 2.05) is 0 Å². The van der Waals surface area contributed by atoms with Crippen molar-refractivity contribution in [3.8, 4) is 0 Å². The first-order chi connectivity index (χ1) is 9.02. The van der Waals surface area contributed by atoms with Crippen molar-refractivity contribution in [1.82, 2.24) is 9.80 Å². The summed E-state index contributed by atoms with van der Waals surface area (Å²) in [6, 6.07) is 0. The molecule has 0 atom stereocenters. The molecule has 1 aliphatic rings. The molecule has 0 spiro atoms. The van der Waals surface area contributed by atoms with Gasteiger partial charge in [0, 0.05) is 33.7 Å². The van der Waals surface area contributed by atoms with E-state index in [2.05, 4.69) is 4.90 Å². The van der Waals surface area contributed by atoms with Crippen LogP contribution >= 0.6 is 12.2 Å². The van der Waals surface area contributed by atoms with Gasteiger partial charge in [0.1, 0.15) is 0 Å². The lowest BCUT2D eigenvalue weighted by Crippen LogP contribution is -2.43. The van der Waals surface area contributed by atoms with E-state index in [0.29, 0.717) is 30.4 Å². The molecule has 0 aromatic heterocycles. The molecule has 1 heterocycles. The third kappa shape index (κ3) is 6.31. The Hall–Kier alpha value is -0.720. The summed E-state index contributed by atoms with van der Waals surface area (Å²) in [4.78, 5) is 16.4. The predicted octanol–water partition coefficient (Wildman–Crippen LogP) is 0.479. The summed E-state index contributed by atoms with van der Waals surface area (Å²) in [5.41, 5.74) is 5.44. The average Bonchev–Trinajstić information content (AvgIpc) is 2.38. The number of amides is 1. The SMILES string of the molecule is COCC1CCN(CC(=O)N(C)CCC(N)=S)CC1. The van der Waals surface area contributed by atoms with Crippen molar-refractivity contribution in [2.45, 2.75) is 19.3 Å². The number of ether oxygens (including phenoxy) is 1. The van der Waals surface area contributed by atoms with Gasteiger partial charge < -0.3 is 15.4 Å². The van der Waals surface area contributed by atoms with Crippen LogP contribution in [0.2, 0.25) is 0 Å². The lowest BCUT2D eigenvalue weighted by atomic mass is 9.98. The summed E-state index contributed by atoms with van der Waals surface area (Å²) in [5, 5.41) is 0. The fraction of sp³-hybridized carbons (Fsp3) is 0.846. The first-order valence-electron chi connectivity index (χ1n) is 6.76. The number of piperidine rings is 1. The lowest BCUT2D eigenvalue weighted by Gasteiger charge is -2.32. The first-order valence-corrected chi connectivity index (χ1v) is 7.17. The quantitative estimate of drug-likeness (QED) is 0.690. The minimum Gasteiger partial charge on any atom is -0.393 e. The van der Waals surface area contributed by atoms with Gasteiger partial charge in [0.25, 0.3) is 0 Å². The van der Waals surface area contributed by atoms with E-state index < -0.39 is 0 Å². The number of hydrogen-bond donors (Lipinski definition) is 1. The number of likely N-dealkylation sites (N-methyl/N-ethyl adjacent to an activating group) is 1.